The third kappa shape index (κ3) is 7.89. The van der Waals surface area contributed by atoms with Gasteiger partial charge in [-0.3, -0.25) is 0 Å². The number of hydrogen-bond donors (Lipinski definition) is 2. The molecular formula is C23H37IN6. The summed E-state index contributed by atoms with van der Waals surface area (Å²) in [5.41, 5.74) is 2.52. The molecule has 1 aromatic heterocycles. The fourth-order valence-electron chi connectivity index (χ4n) is 3.61. The molecule has 3 rings (SSSR count). The molecule has 30 heavy (non-hydrogen) atoms. The second-order valence-electron chi connectivity index (χ2n) is 7.96. The number of fused-ring (bicyclic) bond motifs is 1. The Balaban J connectivity index is 0.00000320. The molecule has 6 nitrogen and oxygen atoms in total. The van der Waals surface area contributed by atoms with Crippen LogP contribution in [0.2, 0.25) is 0 Å². The minimum Gasteiger partial charge on any atom is -0.356 e. The molecule has 0 aliphatic carbocycles. The molecule has 0 amide bonds. The Morgan fingerprint density at radius 1 is 1.03 bits per heavy atom. The molecule has 1 aromatic carbocycles. The van der Waals surface area contributed by atoms with E-state index in [4.69, 9.17) is 4.99 Å². The molecule has 2 heterocycles. The Bertz CT molecular complexity index is 769. The van der Waals surface area contributed by atoms with E-state index in [0.29, 0.717) is 6.54 Å². The molecule has 1 aliphatic rings. The first-order chi connectivity index (χ1) is 14.3. The van der Waals surface area contributed by atoms with Crippen molar-refractivity contribution in [2.75, 3.05) is 13.1 Å². The highest BCUT2D eigenvalue weighted by Gasteiger charge is 2.14. The number of nitrogens with one attached hydrogen (secondary N) is 2. The minimum absolute atomic E-state index is 0. The smallest absolute Gasteiger partial charge is 0.191 e. The lowest BCUT2D eigenvalue weighted by Gasteiger charge is -2.13. The Kier molecular flexibility index (Phi) is 11.2. The van der Waals surface area contributed by atoms with E-state index >= 15 is 0 Å². The maximum atomic E-state index is 4.77. The van der Waals surface area contributed by atoms with Crippen molar-refractivity contribution in [3.05, 3.63) is 47.0 Å². The molecule has 7 heteroatoms. The Morgan fingerprint density at radius 2 is 1.80 bits per heavy atom. The van der Waals surface area contributed by atoms with Crippen molar-refractivity contribution >= 4 is 29.9 Å². The monoisotopic (exact) mass is 524 g/mol. The van der Waals surface area contributed by atoms with E-state index in [1.54, 1.807) is 0 Å². The van der Waals surface area contributed by atoms with Crippen LogP contribution in [0.5, 0.6) is 0 Å². The number of aromatic nitrogens is 3. The van der Waals surface area contributed by atoms with Gasteiger partial charge in [-0.1, -0.05) is 49.6 Å². The summed E-state index contributed by atoms with van der Waals surface area (Å²) < 4.78 is 2.35. The van der Waals surface area contributed by atoms with Gasteiger partial charge in [-0.05, 0) is 38.2 Å². The Hall–Kier alpha value is -1.64. The van der Waals surface area contributed by atoms with E-state index in [0.717, 1.165) is 57.1 Å². The quantitative estimate of drug-likeness (QED) is 0.221. The van der Waals surface area contributed by atoms with Gasteiger partial charge in [-0.15, -0.1) is 34.2 Å². The van der Waals surface area contributed by atoms with E-state index in [1.807, 2.05) is 0 Å². The molecule has 0 spiro atoms. The van der Waals surface area contributed by atoms with Gasteiger partial charge in [-0.2, -0.15) is 0 Å². The number of rotatable bonds is 9. The summed E-state index contributed by atoms with van der Waals surface area (Å²) in [6, 6.07) is 8.59. The number of aliphatic imine (C=N–C) groups is 1. The van der Waals surface area contributed by atoms with Gasteiger partial charge in [0.1, 0.15) is 11.6 Å². The molecule has 0 saturated carbocycles. The molecule has 0 fully saturated rings. The van der Waals surface area contributed by atoms with E-state index in [2.05, 4.69) is 63.5 Å². The van der Waals surface area contributed by atoms with Gasteiger partial charge in [0.15, 0.2) is 5.96 Å². The molecule has 2 aromatic rings. The topological polar surface area (TPSA) is 67.1 Å². The van der Waals surface area contributed by atoms with Gasteiger partial charge < -0.3 is 15.2 Å². The molecule has 166 valence electrons. The lowest BCUT2D eigenvalue weighted by molar-refractivity contribution is 0.593. The van der Waals surface area contributed by atoms with Gasteiger partial charge in [0.25, 0.3) is 0 Å². The summed E-state index contributed by atoms with van der Waals surface area (Å²) >= 11 is 0. The number of guanidine groups is 1. The predicted molar refractivity (Wildman–Crippen MR) is 135 cm³/mol. The fourth-order valence-corrected chi connectivity index (χ4v) is 3.61. The van der Waals surface area contributed by atoms with E-state index in [-0.39, 0.29) is 24.0 Å². The van der Waals surface area contributed by atoms with Crippen LogP contribution in [0.4, 0.5) is 0 Å². The van der Waals surface area contributed by atoms with Crippen molar-refractivity contribution in [1.82, 2.24) is 25.4 Å². The molecular weight excluding hydrogens is 487 g/mol. The largest absolute Gasteiger partial charge is 0.356 e. The average molecular weight is 524 g/mol. The van der Waals surface area contributed by atoms with Gasteiger partial charge in [-0.25, -0.2) is 4.99 Å². The first-order valence-electron chi connectivity index (χ1n) is 11.2. The first-order valence-corrected chi connectivity index (χ1v) is 11.2. The molecule has 0 unspecified atom stereocenters. The summed E-state index contributed by atoms with van der Waals surface area (Å²) in [6.07, 6.45) is 9.17. The highest BCUT2D eigenvalue weighted by molar-refractivity contribution is 14.0. The van der Waals surface area contributed by atoms with Crippen LogP contribution in [0.3, 0.4) is 0 Å². The third-order valence-electron chi connectivity index (χ3n) is 5.42. The van der Waals surface area contributed by atoms with Gasteiger partial charge in [0.2, 0.25) is 0 Å². The number of hydrogen-bond acceptors (Lipinski definition) is 3. The van der Waals surface area contributed by atoms with Crippen molar-refractivity contribution in [2.45, 2.75) is 78.3 Å². The van der Waals surface area contributed by atoms with Gasteiger partial charge in [0, 0.05) is 32.5 Å². The molecule has 2 N–H and O–H groups in total. The molecule has 1 aliphatic heterocycles. The zero-order valence-electron chi connectivity index (χ0n) is 18.5. The molecule has 0 atom stereocenters. The summed E-state index contributed by atoms with van der Waals surface area (Å²) in [6.45, 7) is 7.93. The number of unbranched alkanes of at least 4 members (excludes halogenated alkanes) is 1. The molecule has 0 bridgehead atoms. The van der Waals surface area contributed by atoms with E-state index in [9.17, 15) is 0 Å². The van der Waals surface area contributed by atoms with Crippen molar-refractivity contribution in [2.24, 2.45) is 4.99 Å². The maximum Gasteiger partial charge on any atom is 0.191 e. The lowest BCUT2D eigenvalue weighted by Crippen LogP contribution is -2.38. The summed E-state index contributed by atoms with van der Waals surface area (Å²) in [4.78, 5) is 4.77. The molecule has 0 radical (unpaired) electrons. The fraction of sp³-hybridized carbons (Fsp3) is 0.609. The number of halogens is 1. The van der Waals surface area contributed by atoms with Crippen LogP contribution in [-0.4, -0.2) is 33.8 Å². The number of aryl methyl sites for hydroxylation is 3. The average Bonchev–Trinajstić information content (AvgIpc) is 2.96. The molecule has 0 saturated heterocycles. The minimum atomic E-state index is 0. The Morgan fingerprint density at radius 3 is 2.57 bits per heavy atom. The van der Waals surface area contributed by atoms with Crippen LogP contribution >= 0.6 is 24.0 Å². The normalized spacial score (nSPS) is 13.9. The van der Waals surface area contributed by atoms with E-state index in [1.165, 1.54) is 42.6 Å². The zero-order chi connectivity index (χ0) is 20.3. The number of benzene rings is 1. The van der Waals surface area contributed by atoms with Crippen molar-refractivity contribution in [3.63, 3.8) is 0 Å². The summed E-state index contributed by atoms with van der Waals surface area (Å²) in [5.74, 6) is 3.21. The van der Waals surface area contributed by atoms with Crippen LogP contribution in [0.15, 0.2) is 29.3 Å². The van der Waals surface area contributed by atoms with Crippen LogP contribution in [0.25, 0.3) is 0 Å². The second-order valence-corrected chi connectivity index (χ2v) is 7.96. The SMILES string of the molecule is CCCCNC(=NCc1ccc(C)cc1)NCCCc1nnc2n1CCCCC2.I. The Labute approximate surface area is 198 Å². The van der Waals surface area contributed by atoms with Crippen molar-refractivity contribution in [3.8, 4) is 0 Å². The lowest BCUT2D eigenvalue weighted by atomic mass is 10.1. The highest BCUT2D eigenvalue weighted by Crippen LogP contribution is 2.15. The van der Waals surface area contributed by atoms with Gasteiger partial charge >= 0.3 is 0 Å². The zero-order valence-corrected chi connectivity index (χ0v) is 20.8. The van der Waals surface area contributed by atoms with E-state index < -0.39 is 0 Å². The van der Waals surface area contributed by atoms with Crippen molar-refractivity contribution < 1.29 is 0 Å². The van der Waals surface area contributed by atoms with Crippen LogP contribution < -0.4 is 10.6 Å². The van der Waals surface area contributed by atoms with Crippen molar-refractivity contribution in [1.29, 1.82) is 0 Å². The highest BCUT2D eigenvalue weighted by atomic mass is 127. The van der Waals surface area contributed by atoms with Crippen LogP contribution in [0, 0.1) is 6.92 Å². The second kappa shape index (κ2) is 13.6. The number of nitrogens with zero attached hydrogens (tertiary/aromatic N) is 4. The standard InChI is InChI=1S/C23H36N6.HI/c1-3-4-15-24-23(26-18-20-13-11-19(2)12-14-20)25-16-8-10-22-28-27-21-9-6-5-7-17-29(21)22;/h11-14H,3-10,15-18H2,1-2H3,(H2,24,25,26);1H. The predicted octanol–water partition coefficient (Wildman–Crippen LogP) is 4.40. The first kappa shape index (κ1) is 24.6. The summed E-state index contributed by atoms with van der Waals surface area (Å²) in [5, 5.41) is 15.8. The maximum absolute atomic E-state index is 4.77. The summed E-state index contributed by atoms with van der Waals surface area (Å²) in [7, 11) is 0. The van der Waals surface area contributed by atoms with Crippen LogP contribution in [0.1, 0.15) is 68.2 Å². The third-order valence-corrected chi connectivity index (χ3v) is 5.42. The van der Waals surface area contributed by atoms with Gasteiger partial charge in [0.05, 0.1) is 6.54 Å². The van der Waals surface area contributed by atoms with Crippen LogP contribution in [-0.2, 0) is 25.9 Å².